The normalized spacial score (nSPS) is 44.2. The zero-order chi connectivity index (χ0) is 20.6. The van der Waals surface area contributed by atoms with E-state index < -0.39 is 5.60 Å². The van der Waals surface area contributed by atoms with Crippen molar-refractivity contribution in [3.8, 4) is 0 Å². The van der Waals surface area contributed by atoms with Gasteiger partial charge in [-0.3, -0.25) is 14.4 Å². The molecule has 5 rings (SSSR count). The first-order valence-electron chi connectivity index (χ1n) is 11.0. The molecule has 3 fully saturated rings. The summed E-state index contributed by atoms with van der Waals surface area (Å²) in [6.45, 7) is 4.52. The van der Waals surface area contributed by atoms with Gasteiger partial charge >= 0.3 is 11.9 Å². The molecule has 6 heteroatoms. The van der Waals surface area contributed by atoms with Gasteiger partial charge in [-0.15, -0.1) is 0 Å². The molecule has 0 aromatic heterocycles. The first kappa shape index (κ1) is 21.9. The van der Waals surface area contributed by atoms with Gasteiger partial charge in [0.2, 0.25) is 0 Å². The van der Waals surface area contributed by atoms with Gasteiger partial charge in [-0.25, -0.2) is 0 Å². The second-order valence-corrected chi connectivity index (χ2v) is 10.2. The van der Waals surface area contributed by atoms with E-state index in [0.29, 0.717) is 19.3 Å². The molecule has 2 saturated carbocycles. The summed E-state index contributed by atoms with van der Waals surface area (Å²) in [6.07, 6.45) is 10.1. The smallest absolute Gasteiger partial charge is 0.309 e. The maximum absolute atomic E-state index is 12.9. The molecular formula is C24H30O5V. The fraction of sp³-hybridized carbons (Fsp3) is 0.708. The summed E-state index contributed by atoms with van der Waals surface area (Å²) in [5, 5.41) is 0. The predicted molar refractivity (Wildman–Crippen MR) is 106 cm³/mol. The molecule has 0 bridgehead atoms. The van der Waals surface area contributed by atoms with Gasteiger partial charge in [0, 0.05) is 42.2 Å². The van der Waals surface area contributed by atoms with E-state index in [2.05, 4.69) is 19.9 Å². The zero-order valence-corrected chi connectivity index (χ0v) is 19.4. The zero-order valence-electron chi connectivity index (χ0n) is 18.0. The van der Waals surface area contributed by atoms with E-state index in [0.717, 1.165) is 37.7 Å². The number of esters is 2. The molecule has 1 radical (unpaired) electrons. The maximum atomic E-state index is 12.9. The van der Waals surface area contributed by atoms with E-state index in [1.807, 2.05) is 0 Å². The molecule has 1 saturated heterocycles. The van der Waals surface area contributed by atoms with E-state index in [-0.39, 0.29) is 64.9 Å². The van der Waals surface area contributed by atoms with Gasteiger partial charge in [0.1, 0.15) is 5.60 Å². The van der Waals surface area contributed by atoms with Crippen LogP contribution in [-0.2, 0) is 42.4 Å². The fourth-order valence-electron chi connectivity index (χ4n) is 7.53. The van der Waals surface area contributed by atoms with Crippen LogP contribution in [0, 0.1) is 28.6 Å². The Morgan fingerprint density at radius 3 is 2.60 bits per heavy atom. The van der Waals surface area contributed by atoms with Crippen molar-refractivity contribution in [1.82, 2.24) is 0 Å². The molecule has 0 N–H and O–H groups in total. The van der Waals surface area contributed by atoms with Gasteiger partial charge in [0.05, 0.1) is 13.0 Å². The van der Waals surface area contributed by atoms with Crippen LogP contribution in [0.3, 0.4) is 0 Å². The molecule has 0 aromatic carbocycles. The Kier molecular flexibility index (Phi) is 5.18. The van der Waals surface area contributed by atoms with Gasteiger partial charge in [-0.1, -0.05) is 31.1 Å². The van der Waals surface area contributed by atoms with Crippen molar-refractivity contribution >= 4 is 17.7 Å². The molecule has 1 aliphatic heterocycles. The van der Waals surface area contributed by atoms with Crippen molar-refractivity contribution in [2.75, 3.05) is 7.11 Å². The number of fused-ring (bicyclic) bond motifs is 6. The average molecular weight is 449 g/mol. The number of ether oxygens (including phenoxy) is 2. The molecule has 5 aliphatic rings. The van der Waals surface area contributed by atoms with E-state index in [1.165, 1.54) is 12.7 Å². The largest absolute Gasteiger partial charge is 0.469 e. The van der Waals surface area contributed by atoms with Crippen LogP contribution in [0.25, 0.3) is 0 Å². The number of rotatable bonds is 1. The summed E-state index contributed by atoms with van der Waals surface area (Å²) < 4.78 is 11.2. The number of hydrogen-bond acceptors (Lipinski definition) is 5. The number of carbonyl (C=O) groups is 3. The molecule has 30 heavy (non-hydrogen) atoms. The Morgan fingerprint density at radius 1 is 1.17 bits per heavy atom. The minimum atomic E-state index is -0.392. The first-order valence-corrected chi connectivity index (χ1v) is 11.0. The van der Waals surface area contributed by atoms with Crippen LogP contribution >= 0.6 is 0 Å². The maximum Gasteiger partial charge on any atom is 0.309 e. The number of carbonyl (C=O) groups excluding carboxylic acids is 3. The molecule has 1 heterocycles. The third-order valence-electron chi connectivity index (χ3n) is 9.23. The molecular weight excluding hydrogens is 419 g/mol. The Bertz CT molecular complexity index is 875. The molecule has 0 aromatic rings. The van der Waals surface area contributed by atoms with Crippen LogP contribution < -0.4 is 0 Å². The van der Waals surface area contributed by atoms with Crippen LogP contribution in [0.4, 0.5) is 0 Å². The third kappa shape index (κ3) is 2.70. The Morgan fingerprint density at radius 2 is 1.93 bits per heavy atom. The van der Waals surface area contributed by atoms with E-state index in [4.69, 9.17) is 9.47 Å². The SMILES string of the molecule is COC(=O)[C@@H]1CC2=CC(=O)CC[C@]2(C)C2=CC[C@@]3(C)C(CC[C@@]34CCC(=O)O4)C21.[V]. The molecule has 2 unspecified atom stereocenters. The number of allylic oxidation sites excluding steroid dienone is 4. The topological polar surface area (TPSA) is 69.7 Å². The van der Waals surface area contributed by atoms with Crippen LogP contribution in [0.2, 0.25) is 0 Å². The van der Waals surface area contributed by atoms with Gasteiger partial charge in [0.25, 0.3) is 0 Å². The summed E-state index contributed by atoms with van der Waals surface area (Å²) in [5.74, 6) is 0.00356. The molecule has 1 spiro atoms. The summed E-state index contributed by atoms with van der Waals surface area (Å²) in [6, 6.07) is 0. The van der Waals surface area contributed by atoms with Crippen molar-refractivity contribution in [2.45, 2.75) is 70.8 Å². The second-order valence-electron chi connectivity index (χ2n) is 10.2. The Balaban J connectivity index is 0.00000218. The van der Waals surface area contributed by atoms with Gasteiger partial charge < -0.3 is 9.47 Å². The van der Waals surface area contributed by atoms with Crippen molar-refractivity contribution < 1.29 is 42.4 Å². The fourth-order valence-corrected chi connectivity index (χ4v) is 7.53. The Labute approximate surface area is 189 Å². The van der Waals surface area contributed by atoms with E-state index >= 15 is 0 Å². The van der Waals surface area contributed by atoms with Crippen LogP contribution in [0.15, 0.2) is 23.3 Å². The number of hydrogen-bond donors (Lipinski definition) is 0. The van der Waals surface area contributed by atoms with Crippen molar-refractivity contribution in [2.24, 2.45) is 28.6 Å². The van der Waals surface area contributed by atoms with E-state index in [1.54, 1.807) is 6.08 Å². The molecule has 5 nitrogen and oxygen atoms in total. The number of ketones is 1. The van der Waals surface area contributed by atoms with Gasteiger partial charge in [-0.05, 0) is 56.4 Å². The van der Waals surface area contributed by atoms with Gasteiger partial charge in [-0.2, -0.15) is 0 Å². The number of methoxy groups -OCH3 is 1. The van der Waals surface area contributed by atoms with Crippen LogP contribution in [0.1, 0.15) is 65.2 Å². The van der Waals surface area contributed by atoms with Crippen molar-refractivity contribution in [3.05, 3.63) is 23.3 Å². The minimum Gasteiger partial charge on any atom is -0.469 e. The molecule has 0 amide bonds. The molecule has 161 valence electrons. The average Bonchev–Trinajstić information content (AvgIpc) is 3.22. The van der Waals surface area contributed by atoms with Crippen molar-refractivity contribution in [3.63, 3.8) is 0 Å². The first-order chi connectivity index (χ1) is 13.7. The predicted octanol–water partition coefficient (Wildman–Crippen LogP) is 3.91. The Hall–Kier alpha value is -1.33. The summed E-state index contributed by atoms with van der Waals surface area (Å²) in [7, 11) is 1.46. The molecule has 4 aliphatic carbocycles. The van der Waals surface area contributed by atoms with Crippen LogP contribution in [-0.4, -0.2) is 30.4 Å². The quantitative estimate of drug-likeness (QED) is 0.449. The summed E-state index contributed by atoms with van der Waals surface area (Å²) in [5.41, 5.74) is 1.72. The third-order valence-corrected chi connectivity index (χ3v) is 9.23. The standard InChI is InChI=1S/C24H30O5.V/c1-22-8-4-15(25)12-14(22)13-16(21(27)28-3)20-17(22)5-9-23(2)18(20)6-10-24(23)11-7-19(26)29-24;/h5,12,16,18,20H,4,6-11,13H2,1-3H3;/t16-,18?,20?,22+,23+,24-;/m1./s1. The van der Waals surface area contributed by atoms with Crippen LogP contribution in [0.5, 0.6) is 0 Å². The minimum absolute atomic E-state index is 0. The van der Waals surface area contributed by atoms with Gasteiger partial charge in [0.15, 0.2) is 5.78 Å². The van der Waals surface area contributed by atoms with Crippen molar-refractivity contribution in [1.29, 1.82) is 0 Å². The van der Waals surface area contributed by atoms with E-state index in [9.17, 15) is 14.4 Å². The summed E-state index contributed by atoms with van der Waals surface area (Å²) >= 11 is 0. The summed E-state index contributed by atoms with van der Waals surface area (Å²) in [4.78, 5) is 37.1. The monoisotopic (exact) mass is 449 g/mol. The second kappa shape index (κ2) is 7.10. The molecule has 6 atom stereocenters.